The minimum Gasteiger partial charge on any atom is -0.309 e. The van der Waals surface area contributed by atoms with E-state index < -0.39 is 0 Å². The second kappa shape index (κ2) is 14.2. The van der Waals surface area contributed by atoms with Crippen LogP contribution in [0.25, 0.3) is 120 Å². The number of thiophene rings is 1. The summed E-state index contributed by atoms with van der Waals surface area (Å²) in [6.07, 6.45) is 0. The van der Waals surface area contributed by atoms with E-state index in [4.69, 9.17) is 15.0 Å². The molecule has 0 bridgehead atoms. The van der Waals surface area contributed by atoms with E-state index in [1.54, 1.807) is 0 Å². The van der Waals surface area contributed by atoms with Crippen LogP contribution in [0.4, 0.5) is 0 Å². The number of para-hydroxylation sites is 4. The fourth-order valence-electron chi connectivity index (χ4n) is 9.56. The third kappa shape index (κ3) is 5.66. The average molecular weight is 822 g/mol. The Hall–Kier alpha value is -8.19. The summed E-state index contributed by atoms with van der Waals surface area (Å²) in [5, 5.41) is 7.34. The van der Waals surface area contributed by atoms with Crippen LogP contribution in [-0.4, -0.2) is 24.1 Å². The van der Waals surface area contributed by atoms with E-state index in [9.17, 15) is 0 Å². The number of aromatic nitrogens is 5. The van der Waals surface area contributed by atoms with Gasteiger partial charge in [-0.1, -0.05) is 158 Å². The van der Waals surface area contributed by atoms with Crippen molar-refractivity contribution in [2.24, 2.45) is 0 Å². The molecule has 294 valence electrons. The maximum absolute atomic E-state index is 5.38. The molecule has 0 N–H and O–H groups in total. The predicted molar refractivity (Wildman–Crippen MR) is 263 cm³/mol. The van der Waals surface area contributed by atoms with E-state index in [1.165, 1.54) is 52.8 Å². The Labute approximate surface area is 366 Å². The number of benzene rings is 9. The van der Waals surface area contributed by atoms with Gasteiger partial charge in [0.15, 0.2) is 17.5 Å². The molecule has 0 aliphatic heterocycles. The lowest BCUT2D eigenvalue weighted by atomic mass is 9.95. The molecule has 0 saturated heterocycles. The monoisotopic (exact) mass is 821 g/mol. The van der Waals surface area contributed by atoms with Crippen molar-refractivity contribution >= 4 is 75.1 Å². The van der Waals surface area contributed by atoms with Crippen LogP contribution in [0, 0.1) is 0 Å². The molecule has 6 heteroatoms. The summed E-state index contributed by atoms with van der Waals surface area (Å²) in [7, 11) is 0. The molecule has 5 nitrogen and oxygen atoms in total. The van der Waals surface area contributed by atoms with Gasteiger partial charge >= 0.3 is 0 Å². The SMILES string of the molecule is c1ccc(-c2nc(-c3ccccc3)nc(-c3cc(-n4c5ccccc5c5ccccc54)ccc3-c3cc(-n4c5ccccc5c5ccccc54)cc4c3sc3ccccc34)n2)cc1. The number of hydrogen-bond donors (Lipinski definition) is 0. The Morgan fingerprint density at radius 3 is 1.27 bits per heavy atom. The minimum atomic E-state index is 0.608. The summed E-state index contributed by atoms with van der Waals surface area (Å²) in [6, 6.07) is 75.7. The number of fused-ring (bicyclic) bond motifs is 9. The molecule has 0 amide bonds. The lowest BCUT2D eigenvalue weighted by Crippen LogP contribution is -2.03. The largest absolute Gasteiger partial charge is 0.309 e. The van der Waals surface area contributed by atoms with Gasteiger partial charge in [-0.2, -0.15) is 0 Å². The number of rotatable bonds is 6. The van der Waals surface area contributed by atoms with Gasteiger partial charge in [-0.25, -0.2) is 15.0 Å². The Morgan fingerprint density at radius 2 is 0.730 bits per heavy atom. The molecule has 0 saturated carbocycles. The van der Waals surface area contributed by atoms with E-state index in [-0.39, 0.29) is 0 Å². The highest BCUT2D eigenvalue weighted by Gasteiger charge is 2.23. The van der Waals surface area contributed by atoms with Crippen molar-refractivity contribution in [1.82, 2.24) is 24.1 Å². The van der Waals surface area contributed by atoms with Gasteiger partial charge in [0, 0.05) is 75.3 Å². The van der Waals surface area contributed by atoms with Crippen LogP contribution in [0.1, 0.15) is 0 Å². The molecule has 0 aliphatic carbocycles. The first-order valence-corrected chi connectivity index (χ1v) is 22.0. The molecule has 0 fully saturated rings. The highest BCUT2D eigenvalue weighted by Crippen LogP contribution is 2.46. The zero-order chi connectivity index (χ0) is 41.4. The van der Waals surface area contributed by atoms with Crippen molar-refractivity contribution < 1.29 is 0 Å². The van der Waals surface area contributed by atoms with Crippen LogP contribution in [0.5, 0.6) is 0 Å². The topological polar surface area (TPSA) is 48.5 Å². The smallest absolute Gasteiger partial charge is 0.164 e. The van der Waals surface area contributed by atoms with Crippen molar-refractivity contribution in [2.75, 3.05) is 0 Å². The van der Waals surface area contributed by atoms with Crippen molar-refractivity contribution in [3.8, 4) is 56.7 Å². The standard InChI is InChI=1S/C57H35N5S/c1-3-17-36(18-4-1)55-58-56(37-19-5-2-6-20-37)60-57(59-55)48-33-38(61-49-26-12-7-21-41(49)42-22-8-13-27-50(42)61)31-32-40(48)46-34-39(35-47-45-25-11-16-30-53(45)63-54(46)47)62-51-28-14-9-23-43(51)44-24-10-15-29-52(44)62/h1-35H. The van der Waals surface area contributed by atoms with Crippen molar-refractivity contribution in [3.63, 3.8) is 0 Å². The Balaban J connectivity index is 1.16. The van der Waals surface area contributed by atoms with Gasteiger partial charge in [0.05, 0.1) is 22.1 Å². The van der Waals surface area contributed by atoms with E-state index in [2.05, 4.69) is 185 Å². The number of hydrogen-bond acceptors (Lipinski definition) is 4. The first-order chi connectivity index (χ1) is 31.2. The normalized spacial score (nSPS) is 11.8. The van der Waals surface area contributed by atoms with Crippen molar-refractivity contribution in [1.29, 1.82) is 0 Å². The molecule has 0 aliphatic rings. The first-order valence-electron chi connectivity index (χ1n) is 21.2. The van der Waals surface area contributed by atoms with Gasteiger partial charge in [0.2, 0.25) is 0 Å². The molecular formula is C57H35N5S. The molecule has 0 unspecified atom stereocenters. The molecule has 13 aromatic rings. The Kier molecular flexibility index (Phi) is 8.01. The van der Waals surface area contributed by atoms with Crippen molar-refractivity contribution in [2.45, 2.75) is 0 Å². The summed E-state index contributed by atoms with van der Waals surface area (Å²) in [4.78, 5) is 15.9. The molecule has 0 spiro atoms. The van der Waals surface area contributed by atoms with E-state index in [0.717, 1.165) is 50.2 Å². The molecule has 0 radical (unpaired) electrons. The van der Waals surface area contributed by atoms with Crippen LogP contribution < -0.4 is 0 Å². The molecule has 4 heterocycles. The van der Waals surface area contributed by atoms with Crippen LogP contribution >= 0.6 is 11.3 Å². The maximum atomic E-state index is 5.38. The Bertz CT molecular complexity index is 3750. The predicted octanol–water partition coefficient (Wildman–Crippen LogP) is 15.1. The third-order valence-corrected chi connectivity index (χ3v) is 13.6. The molecule has 9 aromatic carbocycles. The minimum absolute atomic E-state index is 0.608. The maximum Gasteiger partial charge on any atom is 0.164 e. The van der Waals surface area contributed by atoms with Crippen molar-refractivity contribution in [3.05, 3.63) is 212 Å². The Morgan fingerprint density at radius 1 is 0.302 bits per heavy atom. The van der Waals surface area contributed by atoms with E-state index in [0.29, 0.717) is 17.5 Å². The van der Waals surface area contributed by atoms with E-state index in [1.807, 2.05) is 47.7 Å². The average Bonchev–Trinajstić information content (AvgIpc) is 4.02. The molecule has 0 atom stereocenters. The first kappa shape index (κ1) is 35.6. The highest BCUT2D eigenvalue weighted by atomic mass is 32.1. The molecule has 4 aromatic heterocycles. The molecule has 63 heavy (non-hydrogen) atoms. The van der Waals surface area contributed by atoms with Crippen LogP contribution in [0.3, 0.4) is 0 Å². The summed E-state index contributed by atoms with van der Waals surface area (Å²) in [6.45, 7) is 0. The quantitative estimate of drug-likeness (QED) is 0.168. The zero-order valence-corrected chi connectivity index (χ0v) is 34.7. The van der Waals surface area contributed by atoms with Gasteiger partial charge in [0.1, 0.15) is 0 Å². The van der Waals surface area contributed by atoms with Crippen LogP contribution in [0.15, 0.2) is 212 Å². The van der Waals surface area contributed by atoms with Gasteiger partial charge in [0.25, 0.3) is 0 Å². The highest BCUT2D eigenvalue weighted by molar-refractivity contribution is 7.26. The van der Waals surface area contributed by atoms with Gasteiger partial charge in [-0.15, -0.1) is 11.3 Å². The number of nitrogens with zero attached hydrogens (tertiary/aromatic N) is 5. The summed E-state index contributed by atoms with van der Waals surface area (Å²) in [5.74, 6) is 1.86. The van der Waals surface area contributed by atoms with Crippen LogP contribution in [-0.2, 0) is 0 Å². The summed E-state index contributed by atoms with van der Waals surface area (Å²) >= 11 is 1.84. The summed E-state index contributed by atoms with van der Waals surface area (Å²) in [5.41, 5.74) is 11.7. The van der Waals surface area contributed by atoms with Gasteiger partial charge in [-0.3, -0.25) is 0 Å². The summed E-state index contributed by atoms with van der Waals surface area (Å²) < 4.78 is 7.26. The van der Waals surface area contributed by atoms with E-state index >= 15 is 0 Å². The fourth-order valence-corrected chi connectivity index (χ4v) is 10.8. The van der Waals surface area contributed by atoms with Crippen LogP contribution in [0.2, 0.25) is 0 Å². The second-order valence-corrected chi connectivity index (χ2v) is 17.0. The second-order valence-electron chi connectivity index (χ2n) is 16.0. The third-order valence-electron chi connectivity index (χ3n) is 12.4. The lowest BCUT2D eigenvalue weighted by molar-refractivity contribution is 1.07. The fraction of sp³-hybridized carbons (Fsp3) is 0. The lowest BCUT2D eigenvalue weighted by Gasteiger charge is -2.17. The van der Waals surface area contributed by atoms with Gasteiger partial charge < -0.3 is 9.13 Å². The molecule has 13 rings (SSSR count). The molecular weight excluding hydrogens is 787 g/mol. The zero-order valence-electron chi connectivity index (χ0n) is 33.9. The van der Waals surface area contributed by atoms with Gasteiger partial charge in [-0.05, 0) is 60.2 Å².